The number of fused-ring (bicyclic) bond motifs is 1. The number of anilines is 2. The lowest BCUT2D eigenvalue weighted by molar-refractivity contribution is 0.158. The van der Waals surface area contributed by atoms with E-state index in [1.807, 2.05) is 6.92 Å². The Morgan fingerprint density at radius 3 is 2.53 bits per heavy atom. The number of hydrogen-bond acceptors (Lipinski definition) is 3. The quantitative estimate of drug-likeness (QED) is 0.804. The van der Waals surface area contributed by atoms with Gasteiger partial charge < -0.3 is 15.0 Å². The van der Waals surface area contributed by atoms with Crippen molar-refractivity contribution in [3.8, 4) is 0 Å². The van der Waals surface area contributed by atoms with Crippen LogP contribution in [0.2, 0.25) is 0 Å². The van der Waals surface area contributed by atoms with Crippen LogP contribution in [0.3, 0.4) is 0 Å². The van der Waals surface area contributed by atoms with Crippen molar-refractivity contribution in [2.45, 2.75) is 6.92 Å². The van der Waals surface area contributed by atoms with E-state index < -0.39 is 0 Å². The Morgan fingerprint density at radius 1 is 1.11 bits per heavy atom. The molecular formula is C16H22N2O. The van der Waals surface area contributed by atoms with Gasteiger partial charge in [-0.3, -0.25) is 0 Å². The average molecular weight is 258 g/mol. The van der Waals surface area contributed by atoms with Gasteiger partial charge in [-0.15, -0.1) is 0 Å². The Kier molecular flexibility index (Phi) is 4.63. The van der Waals surface area contributed by atoms with E-state index in [9.17, 15) is 0 Å². The Hall–Kier alpha value is -1.74. The van der Waals surface area contributed by atoms with Crippen LogP contribution in [0, 0.1) is 0 Å². The first-order valence-corrected chi connectivity index (χ1v) is 6.74. The highest BCUT2D eigenvalue weighted by Crippen LogP contribution is 2.31. The summed E-state index contributed by atoms with van der Waals surface area (Å²) in [6, 6.07) is 12.8. The smallest absolute Gasteiger partial charge is 0.0638 e. The van der Waals surface area contributed by atoms with Crippen molar-refractivity contribution in [2.24, 2.45) is 0 Å². The van der Waals surface area contributed by atoms with E-state index in [0.29, 0.717) is 0 Å². The number of rotatable bonds is 6. The predicted molar refractivity (Wildman–Crippen MR) is 83.3 cm³/mol. The summed E-state index contributed by atoms with van der Waals surface area (Å²) >= 11 is 0. The van der Waals surface area contributed by atoms with Crippen molar-refractivity contribution in [3.05, 3.63) is 36.4 Å². The molecule has 3 heteroatoms. The third-order valence-electron chi connectivity index (χ3n) is 3.13. The Balaban J connectivity index is 2.32. The molecule has 0 fully saturated rings. The largest absolute Gasteiger partial charge is 0.382 e. The Morgan fingerprint density at radius 2 is 1.84 bits per heavy atom. The molecule has 0 spiro atoms. The molecule has 102 valence electrons. The van der Waals surface area contributed by atoms with Gasteiger partial charge in [-0.25, -0.2) is 0 Å². The molecule has 0 bridgehead atoms. The second-order valence-corrected chi connectivity index (χ2v) is 4.70. The molecule has 19 heavy (non-hydrogen) atoms. The third kappa shape index (κ3) is 3.18. The van der Waals surface area contributed by atoms with Crippen LogP contribution in [0.1, 0.15) is 6.92 Å². The van der Waals surface area contributed by atoms with E-state index >= 15 is 0 Å². The van der Waals surface area contributed by atoms with Crippen molar-refractivity contribution in [2.75, 3.05) is 44.1 Å². The van der Waals surface area contributed by atoms with Gasteiger partial charge in [0.1, 0.15) is 0 Å². The summed E-state index contributed by atoms with van der Waals surface area (Å²) in [5, 5.41) is 5.99. The van der Waals surface area contributed by atoms with E-state index in [1.54, 1.807) is 0 Å². The summed E-state index contributed by atoms with van der Waals surface area (Å²) in [7, 11) is 4.15. The highest BCUT2D eigenvalue weighted by molar-refractivity contribution is 6.03. The molecule has 0 aliphatic carbocycles. The van der Waals surface area contributed by atoms with Gasteiger partial charge in [-0.05, 0) is 24.4 Å². The zero-order valence-corrected chi connectivity index (χ0v) is 11.9. The number of nitrogens with zero attached hydrogens (tertiary/aromatic N) is 1. The molecular weight excluding hydrogens is 236 g/mol. The summed E-state index contributed by atoms with van der Waals surface area (Å²) in [5.74, 6) is 0. The fraction of sp³-hybridized carbons (Fsp3) is 0.375. The zero-order chi connectivity index (χ0) is 13.7. The zero-order valence-electron chi connectivity index (χ0n) is 11.9. The van der Waals surface area contributed by atoms with Crippen LogP contribution < -0.4 is 10.2 Å². The molecule has 2 aromatic rings. The maximum Gasteiger partial charge on any atom is 0.0638 e. The minimum atomic E-state index is 0.733. The van der Waals surface area contributed by atoms with Crippen LogP contribution in [-0.2, 0) is 4.74 Å². The Bertz CT molecular complexity index is 532. The van der Waals surface area contributed by atoms with Gasteiger partial charge >= 0.3 is 0 Å². The molecule has 2 rings (SSSR count). The lowest BCUT2D eigenvalue weighted by Gasteiger charge is -2.18. The second-order valence-electron chi connectivity index (χ2n) is 4.70. The fourth-order valence-corrected chi connectivity index (χ4v) is 2.24. The van der Waals surface area contributed by atoms with E-state index in [4.69, 9.17) is 4.74 Å². The highest BCUT2D eigenvalue weighted by atomic mass is 16.5. The van der Waals surface area contributed by atoms with Gasteiger partial charge in [0.2, 0.25) is 0 Å². The number of hydrogen-bond donors (Lipinski definition) is 1. The van der Waals surface area contributed by atoms with Crippen LogP contribution >= 0.6 is 0 Å². The molecule has 0 saturated carbocycles. The van der Waals surface area contributed by atoms with Gasteiger partial charge in [0.25, 0.3) is 0 Å². The molecule has 0 amide bonds. The molecule has 0 unspecified atom stereocenters. The van der Waals surface area contributed by atoms with Gasteiger partial charge in [-0.2, -0.15) is 0 Å². The van der Waals surface area contributed by atoms with Crippen LogP contribution in [0.25, 0.3) is 10.8 Å². The molecule has 0 aliphatic heterocycles. The topological polar surface area (TPSA) is 24.5 Å². The van der Waals surface area contributed by atoms with Crippen LogP contribution in [0.15, 0.2) is 36.4 Å². The Labute approximate surface area is 115 Å². The molecule has 0 saturated heterocycles. The van der Waals surface area contributed by atoms with Crippen molar-refractivity contribution < 1.29 is 4.74 Å². The average Bonchev–Trinajstić information content (AvgIpc) is 2.43. The normalized spacial score (nSPS) is 10.7. The molecule has 1 N–H and O–H groups in total. The molecule has 2 aromatic carbocycles. The maximum absolute atomic E-state index is 5.37. The van der Waals surface area contributed by atoms with Crippen molar-refractivity contribution >= 4 is 22.1 Å². The number of benzene rings is 2. The van der Waals surface area contributed by atoms with E-state index in [-0.39, 0.29) is 0 Å². The first-order valence-electron chi connectivity index (χ1n) is 6.74. The van der Waals surface area contributed by atoms with E-state index in [2.05, 4.69) is 60.7 Å². The first kappa shape index (κ1) is 13.7. The van der Waals surface area contributed by atoms with Crippen molar-refractivity contribution in [1.82, 2.24) is 0 Å². The minimum absolute atomic E-state index is 0.733. The van der Waals surface area contributed by atoms with Gasteiger partial charge in [0.15, 0.2) is 0 Å². The summed E-state index contributed by atoms with van der Waals surface area (Å²) in [6.45, 7) is 4.34. The molecule has 3 nitrogen and oxygen atoms in total. The molecule has 0 atom stereocenters. The van der Waals surface area contributed by atoms with Gasteiger partial charge in [0, 0.05) is 44.0 Å². The maximum atomic E-state index is 5.37. The lowest BCUT2D eigenvalue weighted by atomic mass is 10.1. The molecule has 0 aliphatic rings. The number of ether oxygens (including phenoxy) is 1. The van der Waals surface area contributed by atoms with Gasteiger partial charge in [0.05, 0.1) is 6.61 Å². The SMILES string of the molecule is CCOCCNc1cccc2cccc(N(C)C)c12. The van der Waals surface area contributed by atoms with Crippen molar-refractivity contribution in [3.63, 3.8) is 0 Å². The van der Waals surface area contributed by atoms with Crippen LogP contribution in [0.4, 0.5) is 11.4 Å². The first-order chi connectivity index (χ1) is 9.24. The standard InChI is InChI=1S/C16H22N2O/c1-4-19-12-11-17-14-9-5-7-13-8-6-10-15(16(13)14)18(2)3/h5-10,17H,4,11-12H2,1-3H3. The highest BCUT2D eigenvalue weighted by Gasteiger charge is 2.07. The lowest BCUT2D eigenvalue weighted by Crippen LogP contribution is -2.12. The summed E-state index contributed by atoms with van der Waals surface area (Å²) in [5.41, 5.74) is 2.40. The van der Waals surface area contributed by atoms with Gasteiger partial charge in [-0.1, -0.05) is 24.3 Å². The minimum Gasteiger partial charge on any atom is -0.382 e. The predicted octanol–water partition coefficient (Wildman–Crippen LogP) is 3.35. The van der Waals surface area contributed by atoms with E-state index in [1.165, 1.54) is 22.1 Å². The van der Waals surface area contributed by atoms with Crippen molar-refractivity contribution in [1.29, 1.82) is 0 Å². The second kappa shape index (κ2) is 6.43. The summed E-state index contributed by atoms with van der Waals surface area (Å²) < 4.78 is 5.37. The summed E-state index contributed by atoms with van der Waals surface area (Å²) in [6.07, 6.45) is 0. The molecule has 0 heterocycles. The van der Waals surface area contributed by atoms with E-state index in [0.717, 1.165) is 19.8 Å². The third-order valence-corrected chi connectivity index (χ3v) is 3.13. The van der Waals surface area contributed by atoms with Crippen LogP contribution in [-0.4, -0.2) is 33.9 Å². The summed E-state index contributed by atoms with van der Waals surface area (Å²) in [4.78, 5) is 2.15. The molecule has 0 radical (unpaired) electrons. The monoisotopic (exact) mass is 258 g/mol. The number of nitrogens with one attached hydrogen (secondary N) is 1. The van der Waals surface area contributed by atoms with Crippen LogP contribution in [0.5, 0.6) is 0 Å². The molecule has 0 aromatic heterocycles. The fourth-order valence-electron chi connectivity index (χ4n) is 2.24.